The zero-order valence-corrected chi connectivity index (χ0v) is 6.97. The second kappa shape index (κ2) is 2.85. The fraction of sp³-hybridized carbons (Fsp3) is 0.125. The summed E-state index contributed by atoms with van der Waals surface area (Å²) in [6.45, 7) is 1.42. The lowest BCUT2D eigenvalue weighted by Crippen LogP contribution is -2.00. The van der Waals surface area contributed by atoms with Gasteiger partial charge in [0.1, 0.15) is 0 Å². The van der Waals surface area contributed by atoms with Gasteiger partial charge in [-0.25, -0.2) is 4.63 Å². The standard InChI is InChI=1S/C8H7N3O2/c1-6(12)7-8(10-13-9-7)11-4-2-3-5-11/h2-5H,1H3. The van der Waals surface area contributed by atoms with E-state index in [1.807, 2.05) is 12.1 Å². The molecule has 2 rings (SSSR count). The summed E-state index contributed by atoms with van der Waals surface area (Å²) in [5.41, 5.74) is 0.246. The van der Waals surface area contributed by atoms with Gasteiger partial charge in [-0.05, 0) is 22.4 Å². The second-order valence-corrected chi connectivity index (χ2v) is 2.58. The summed E-state index contributed by atoms with van der Waals surface area (Å²) < 4.78 is 6.16. The van der Waals surface area contributed by atoms with Crippen molar-refractivity contribution in [1.29, 1.82) is 0 Å². The maximum Gasteiger partial charge on any atom is 0.212 e. The predicted octanol–water partition coefficient (Wildman–Crippen LogP) is 1.06. The van der Waals surface area contributed by atoms with Crippen LogP contribution in [-0.4, -0.2) is 20.7 Å². The predicted molar refractivity (Wildman–Crippen MR) is 43.6 cm³/mol. The first-order chi connectivity index (χ1) is 6.29. The molecule has 0 unspecified atom stereocenters. The molecular formula is C8H7N3O2. The average molecular weight is 177 g/mol. The van der Waals surface area contributed by atoms with Crippen molar-refractivity contribution in [3.05, 3.63) is 30.2 Å². The van der Waals surface area contributed by atoms with Crippen LogP contribution < -0.4 is 0 Å². The Balaban J connectivity index is 2.52. The van der Waals surface area contributed by atoms with Gasteiger partial charge in [0, 0.05) is 19.3 Å². The van der Waals surface area contributed by atoms with Crippen molar-refractivity contribution in [2.45, 2.75) is 6.92 Å². The molecular weight excluding hydrogens is 170 g/mol. The highest BCUT2D eigenvalue weighted by Gasteiger charge is 2.14. The second-order valence-electron chi connectivity index (χ2n) is 2.58. The minimum absolute atomic E-state index is 0.162. The van der Waals surface area contributed by atoms with Crippen LogP contribution in [0.1, 0.15) is 17.4 Å². The van der Waals surface area contributed by atoms with Gasteiger partial charge in [-0.15, -0.1) is 0 Å². The molecule has 0 fully saturated rings. The third kappa shape index (κ3) is 1.24. The molecule has 2 aromatic heterocycles. The minimum atomic E-state index is -0.162. The Labute approximate surface area is 73.9 Å². The number of Topliss-reactive ketones (excluding diaryl/α,β-unsaturated/α-hetero) is 1. The van der Waals surface area contributed by atoms with Gasteiger partial charge in [-0.2, -0.15) is 0 Å². The highest BCUT2D eigenvalue weighted by atomic mass is 16.6. The number of carbonyl (C=O) groups excluding carboxylic acids is 1. The third-order valence-electron chi connectivity index (χ3n) is 1.65. The molecule has 0 bridgehead atoms. The van der Waals surface area contributed by atoms with Crippen molar-refractivity contribution in [1.82, 2.24) is 14.9 Å². The third-order valence-corrected chi connectivity index (χ3v) is 1.65. The number of nitrogens with zero attached hydrogens (tertiary/aromatic N) is 3. The molecule has 0 saturated heterocycles. The Bertz CT molecular complexity index is 416. The lowest BCUT2D eigenvalue weighted by Gasteiger charge is -1.95. The first-order valence-electron chi connectivity index (χ1n) is 3.76. The summed E-state index contributed by atoms with van der Waals surface area (Å²) >= 11 is 0. The van der Waals surface area contributed by atoms with Crippen molar-refractivity contribution >= 4 is 5.78 Å². The molecule has 0 spiro atoms. The molecule has 0 aliphatic heterocycles. The monoisotopic (exact) mass is 177 g/mol. The number of carbonyl (C=O) groups is 1. The molecule has 0 aromatic carbocycles. The molecule has 0 aliphatic rings. The molecule has 2 heterocycles. The molecule has 5 heteroatoms. The van der Waals surface area contributed by atoms with Crippen LogP contribution in [-0.2, 0) is 0 Å². The van der Waals surface area contributed by atoms with Gasteiger partial charge in [-0.3, -0.25) is 4.79 Å². The first-order valence-corrected chi connectivity index (χ1v) is 3.76. The van der Waals surface area contributed by atoms with Gasteiger partial charge in [0.15, 0.2) is 11.5 Å². The van der Waals surface area contributed by atoms with Crippen molar-refractivity contribution in [2.75, 3.05) is 0 Å². The topological polar surface area (TPSA) is 60.9 Å². The number of hydrogen-bond acceptors (Lipinski definition) is 4. The molecule has 13 heavy (non-hydrogen) atoms. The van der Waals surface area contributed by atoms with Gasteiger partial charge in [0.25, 0.3) is 0 Å². The summed E-state index contributed by atoms with van der Waals surface area (Å²) in [4.78, 5) is 11.0. The van der Waals surface area contributed by atoms with Gasteiger partial charge in [0.05, 0.1) is 0 Å². The van der Waals surface area contributed by atoms with E-state index in [-0.39, 0.29) is 11.5 Å². The SMILES string of the molecule is CC(=O)c1nonc1-n1cccc1. The Hall–Kier alpha value is -1.91. The van der Waals surface area contributed by atoms with Crippen LogP contribution in [0.15, 0.2) is 29.2 Å². The van der Waals surface area contributed by atoms with E-state index in [0.29, 0.717) is 5.82 Å². The molecule has 5 nitrogen and oxygen atoms in total. The highest BCUT2D eigenvalue weighted by Crippen LogP contribution is 2.09. The maximum atomic E-state index is 11.0. The normalized spacial score (nSPS) is 10.2. The molecule has 0 saturated carbocycles. The number of rotatable bonds is 2. The Morgan fingerprint density at radius 3 is 2.69 bits per heavy atom. The van der Waals surface area contributed by atoms with Gasteiger partial charge in [0.2, 0.25) is 5.82 Å². The molecule has 0 amide bonds. The van der Waals surface area contributed by atoms with Crippen LogP contribution >= 0.6 is 0 Å². The van der Waals surface area contributed by atoms with Crippen molar-refractivity contribution < 1.29 is 9.42 Å². The van der Waals surface area contributed by atoms with E-state index in [9.17, 15) is 4.79 Å². The van der Waals surface area contributed by atoms with Crippen LogP contribution in [0.2, 0.25) is 0 Å². The fourth-order valence-corrected chi connectivity index (χ4v) is 1.05. The molecule has 0 N–H and O–H groups in total. The van der Waals surface area contributed by atoms with E-state index in [4.69, 9.17) is 0 Å². The zero-order chi connectivity index (χ0) is 9.26. The van der Waals surface area contributed by atoms with Crippen molar-refractivity contribution in [3.8, 4) is 5.82 Å². The summed E-state index contributed by atoms with van der Waals surface area (Å²) in [5, 5.41) is 7.15. The average Bonchev–Trinajstić information content (AvgIpc) is 2.74. The highest BCUT2D eigenvalue weighted by molar-refractivity contribution is 5.94. The van der Waals surface area contributed by atoms with Crippen LogP contribution in [0.25, 0.3) is 5.82 Å². The number of aromatic nitrogens is 3. The van der Waals surface area contributed by atoms with Crippen molar-refractivity contribution in [2.24, 2.45) is 0 Å². The summed E-state index contributed by atoms with van der Waals surface area (Å²) in [6, 6.07) is 3.66. The molecule has 0 aliphatic carbocycles. The maximum absolute atomic E-state index is 11.0. The summed E-state index contributed by atoms with van der Waals surface area (Å²) in [6.07, 6.45) is 3.54. The lowest BCUT2D eigenvalue weighted by molar-refractivity contribution is 0.100. The zero-order valence-electron chi connectivity index (χ0n) is 6.97. The van der Waals surface area contributed by atoms with Crippen molar-refractivity contribution in [3.63, 3.8) is 0 Å². The van der Waals surface area contributed by atoms with E-state index in [1.165, 1.54) is 6.92 Å². The number of ketones is 1. The Kier molecular flexibility index (Phi) is 1.70. The molecule has 2 aromatic rings. The fourth-order valence-electron chi connectivity index (χ4n) is 1.05. The largest absolute Gasteiger partial charge is 0.304 e. The van der Waals surface area contributed by atoms with Crippen LogP contribution in [0.4, 0.5) is 0 Å². The smallest absolute Gasteiger partial charge is 0.212 e. The quantitative estimate of drug-likeness (QED) is 0.643. The van der Waals surface area contributed by atoms with Crippen LogP contribution in [0.5, 0.6) is 0 Å². The van der Waals surface area contributed by atoms with E-state index in [0.717, 1.165) is 0 Å². The van der Waals surface area contributed by atoms with Crippen LogP contribution in [0.3, 0.4) is 0 Å². The Morgan fingerprint density at radius 1 is 1.38 bits per heavy atom. The summed E-state index contributed by atoms with van der Waals surface area (Å²) in [5.74, 6) is 0.266. The van der Waals surface area contributed by atoms with Crippen LogP contribution in [0, 0.1) is 0 Å². The lowest BCUT2D eigenvalue weighted by atomic mass is 10.3. The van der Waals surface area contributed by atoms with E-state index < -0.39 is 0 Å². The Morgan fingerprint density at radius 2 is 2.08 bits per heavy atom. The van der Waals surface area contributed by atoms with Gasteiger partial charge >= 0.3 is 0 Å². The van der Waals surface area contributed by atoms with E-state index >= 15 is 0 Å². The minimum Gasteiger partial charge on any atom is -0.304 e. The first kappa shape index (κ1) is 7.72. The van der Waals surface area contributed by atoms with Gasteiger partial charge in [-0.1, -0.05) is 0 Å². The number of hydrogen-bond donors (Lipinski definition) is 0. The molecule has 0 radical (unpaired) electrons. The molecule has 66 valence electrons. The van der Waals surface area contributed by atoms with E-state index in [2.05, 4.69) is 14.9 Å². The van der Waals surface area contributed by atoms with Gasteiger partial charge < -0.3 is 4.57 Å². The summed E-state index contributed by atoms with van der Waals surface area (Å²) in [7, 11) is 0. The van der Waals surface area contributed by atoms with E-state index in [1.54, 1.807) is 17.0 Å². The molecule has 0 atom stereocenters.